The van der Waals surface area contributed by atoms with Crippen molar-refractivity contribution in [2.75, 3.05) is 0 Å². The number of hydrogen-bond acceptors (Lipinski definition) is 5. The van der Waals surface area contributed by atoms with Crippen molar-refractivity contribution in [3.05, 3.63) is 182 Å². The Morgan fingerprint density at radius 1 is 0.333 bits per heavy atom. The molecule has 0 saturated heterocycles. The number of para-hydroxylation sites is 3. The summed E-state index contributed by atoms with van der Waals surface area (Å²) in [5, 5.41) is 6.63. The van der Waals surface area contributed by atoms with Crippen molar-refractivity contribution in [1.29, 1.82) is 0 Å². The Hall–Kier alpha value is -7.90. The molecule has 0 amide bonds. The van der Waals surface area contributed by atoms with Gasteiger partial charge in [-0.1, -0.05) is 121 Å². The van der Waals surface area contributed by atoms with E-state index in [0.717, 1.165) is 93.8 Å². The molecule has 0 aliphatic rings. The monoisotopic (exact) mass is 730 g/mol. The average molecular weight is 731 g/mol. The predicted molar refractivity (Wildman–Crippen MR) is 230 cm³/mol. The SMILES string of the molecule is c1ccc(-c2nc(-c3ccccc3)nc(-n3c4ccccc4c4cc5c(cc43)c3ccccc3n5-c3cccc(-c4ccc5oc6ccccc6c5c4)n3)n2)cc1. The summed E-state index contributed by atoms with van der Waals surface area (Å²) < 4.78 is 10.6. The van der Waals surface area contributed by atoms with Crippen LogP contribution in [0.2, 0.25) is 0 Å². The lowest BCUT2D eigenvalue weighted by atomic mass is 10.1. The Morgan fingerprint density at radius 3 is 1.58 bits per heavy atom. The van der Waals surface area contributed by atoms with Gasteiger partial charge in [0.2, 0.25) is 5.95 Å². The summed E-state index contributed by atoms with van der Waals surface area (Å²) in [7, 11) is 0. The van der Waals surface area contributed by atoms with Gasteiger partial charge in [-0.15, -0.1) is 0 Å². The minimum Gasteiger partial charge on any atom is -0.456 e. The highest BCUT2D eigenvalue weighted by Gasteiger charge is 2.21. The first kappa shape index (κ1) is 31.5. The van der Waals surface area contributed by atoms with Crippen molar-refractivity contribution in [3.8, 4) is 45.8 Å². The van der Waals surface area contributed by atoms with Gasteiger partial charge < -0.3 is 4.42 Å². The third-order valence-corrected chi connectivity index (χ3v) is 11.0. The quantitative estimate of drug-likeness (QED) is 0.176. The molecule has 57 heavy (non-hydrogen) atoms. The van der Waals surface area contributed by atoms with Crippen molar-refractivity contribution in [2.45, 2.75) is 0 Å². The molecule has 7 aromatic carbocycles. The van der Waals surface area contributed by atoms with Gasteiger partial charge in [0.25, 0.3) is 0 Å². The molecule has 0 N–H and O–H groups in total. The molecule has 0 fully saturated rings. The summed E-state index contributed by atoms with van der Waals surface area (Å²) in [6.07, 6.45) is 0. The van der Waals surface area contributed by atoms with E-state index in [1.165, 1.54) is 0 Å². The van der Waals surface area contributed by atoms with E-state index >= 15 is 0 Å². The second-order valence-corrected chi connectivity index (χ2v) is 14.3. The molecule has 0 unspecified atom stereocenters. The number of nitrogens with zero attached hydrogens (tertiary/aromatic N) is 6. The van der Waals surface area contributed by atoms with Gasteiger partial charge in [0, 0.05) is 49.0 Å². The topological polar surface area (TPSA) is 74.6 Å². The standard InChI is InChI=1S/C50H30N6O/c1-3-14-31(15-4-1)48-52-49(32-16-5-2-6-17-32)54-50(53-48)56-42-23-11-8-19-35(42)38-29-43-37(30-44(38)56)34-18-7-10-22-41(34)55(43)47-25-13-21-40(51-47)33-26-27-46-39(28-33)36-20-9-12-24-45(36)57-46/h1-30H. The molecule has 0 aliphatic heterocycles. The Balaban J connectivity index is 1.09. The second kappa shape index (κ2) is 12.3. The summed E-state index contributed by atoms with van der Waals surface area (Å²) in [6, 6.07) is 62.6. The molecule has 12 aromatic rings. The van der Waals surface area contributed by atoms with E-state index in [4.69, 9.17) is 24.4 Å². The van der Waals surface area contributed by atoms with E-state index < -0.39 is 0 Å². The Labute approximate surface area is 325 Å². The van der Waals surface area contributed by atoms with Crippen LogP contribution in [0.4, 0.5) is 0 Å². The van der Waals surface area contributed by atoms with E-state index in [1.54, 1.807) is 0 Å². The third-order valence-electron chi connectivity index (χ3n) is 11.0. The summed E-state index contributed by atoms with van der Waals surface area (Å²) in [5.41, 5.74) is 9.70. The van der Waals surface area contributed by atoms with Crippen LogP contribution < -0.4 is 0 Å². The number of benzene rings is 7. The van der Waals surface area contributed by atoms with Crippen LogP contribution in [0.1, 0.15) is 0 Å². The molecule has 12 rings (SSSR count). The van der Waals surface area contributed by atoms with Crippen molar-refractivity contribution < 1.29 is 4.42 Å². The minimum absolute atomic E-state index is 0.564. The fourth-order valence-electron chi connectivity index (χ4n) is 8.38. The second-order valence-electron chi connectivity index (χ2n) is 14.3. The normalized spacial score (nSPS) is 11.9. The molecule has 0 bridgehead atoms. The number of aromatic nitrogens is 6. The lowest BCUT2D eigenvalue weighted by Crippen LogP contribution is -2.06. The zero-order valence-corrected chi connectivity index (χ0v) is 30.4. The van der Waals surface area contributed by atoms with Gasteiger partial charge in [0.15, 0.2) is 11.6 Å². The van der Waals surface area contributed by atoms with Gasteiger partial charge in [-0.05, 0) is 60.7 Å². The number of rotatable bonds is 5. The highest BCUT2D eigenvalue weighted by molar-refractivity contribution is 6.19. The first-order valence-corrected chi connectivity index (χ1v) is 19.0. The maximum Gasteiger partial charge on any atom is 0.238 e. The maximum absolute atomic E-state index is 6.13. The first-order valence-electron chi connectivity index (χ1n) is 19.0. The predicted octanol–water partition coefficient (Wildman–Crippen LogP) is 12.4. The maximum atomic E-state index is 6.13. The van der Waals surface area contributed by atoms with Crippen molar-refractivity contribution >= 4 is 65.6 Å². The molecule has 5 heterocycles. The number of pyridine rings is 1. The van der Waals surface area contributed by atoms with Gasteiger partial charge in [-0.2, -0.15) is 9.97 Å². The molecule has 0 saturated carbocycles. The van der Waals surface area contributed by atoms with Crippen molar-refractivity contribution in [1.82, 2.24) is 29.1 Å². The fourth-order valence-corrected chi connectivity index (χ4v) is 8.38. The van der Waals surface area contributed by atoms with Crippen LogP contribution in [0.5, 0.6) is 0 Å². The summed E-state index contributed by atoms with van der Waals surface area (Å²) in [4.78, 5) is 20.6. The van der Waals surface area contributed by atoms with Crippen molar-refractivity contribution in [2.24, 2.45) is 0 Å². The smallest absolute Gasteiger partial charge is 0.238 e. The molecule has 7 nitrogen and oxygen atoms in total. The Morgan fingerprint density at radius 2 is 0.895 bits per heavy atom. The number of hydrogen-bond donors (Lipinski definition) is 0. The fraction of sp³-hybridized carbons (Fsp3) is 0. The molecular weight excluding hydrogens is 701 g/mol. The molecule has 5 aromatic heterocycles. The third kappa shape index (κ3) is 4.92. The van der Waals surface area contributed by atoms with Crippen LogP contribution in [-0.2, 0) is 0 Å². The molecular formula is C50H30N6O. The van der Waals surface area contributed by atoms with Crippen LogP contribution in [0.15, 0.2) is 186 Å². The van der Waals surface area contributed by atoms with Crippen molar-refractivity contribution in [3.63, 3.8) is 0 Å². The van der Waals surface area contributed by atoms with E-state index in [-0.39, 0.29) is 0 Å². The Bertz CT molecular complexity index is 3470. The van der Waals surface area contributed by atoms with Crippen LogP contribution in [0.3, 0.4) is 0 Å². The number of furan rings is 1. The molecule has 0 radical (unpaired) electrons. The summed E-state index contributed by atoms with van der Waals surface area (Å²) in [6.45, 7) is 0. The van der Waals surface area contributed by atoms with Crippen LogP contribution in [0.25, 0.3) is 111 Å². The first-order chi connectivity index (χ1) is 28.2. The molecule has 0 aliphatic carbocycles. The average Bonchev–Trinajstić information content (AvgIpc) is 3.93. The molecule has 266 valence electrons. The van der Waals surface area contributed by atoms with Gasteiger partial charge >= 0.3 is 0 Å². The van der Waals surface area contributed by atoms with Crippen LogP contribution in [0, 0.1) is 0 Å². The van der Waals surface area contributed by atoms with Gasteiger partial charge in [0.05, 0.1) is 27.8 Å². The van der Waals surface area contributed by atoms with Crippen LogP contribution >= 0.6 is 0 Å². The zero-order valence-electron chi connectivity index (χ0n) is 30.4. The van der Waals surface area contributed by atoms with E-state index in [9.17, 15) is 0 Å². The van der Waals surface area contributed by atoms with E-state index in [2.05, 4.69) is 106 Å². The summed E-state index contributed by atoms with van der Waals surface area (Å²) >= 11 is 0. The van der Waals surface area contributed by atoms with Crippen LogP contribution in [-0.4, -0.2) is 29.1 Å². The molecule has 0 spiro atoms. The van der Waals surface area contributed by atoms with Gasteiger partial charge in [0.1, 0.15) is 17.0 Å². The molecule has 0 atom stereocenters. The molecule has 7 heteroatoms. The highest BCUT2D eigenvalue weighted by Crippen LogP contribution is 2.40. The van der Waals surface area contributed by atoms with E-state index in [0.29, 0.717) is 17.6 Å². The van der Waals surface area contributed by atoms with Gasteiger partial charge in [-0.25, -0.2) is 9.97 Å². The highest BCUT2D eigenvalue weighted by atomic mass is 16.3. The summed E-state index contributed by atoms with van der Waals surface area (Å²) in [5.74, 6) is 2.65. The lowest BCUT2D eigenvalue weighted by Gasteiger charge is -2.11. The Kier molecular flexibility index (Phi) is 6.79. The number of fused-ring (bicyclic) bond motifs is 9. The van der Waals surface area contributed by atoms with E-state index in [1.807, 2.05) is 84.9 Å². The minimum atomic E-state index is 0.564. The van der Waals surface area contributed by atoms with Gasteiger partial charge in [-0.3, -0.25) is 9.13 Å². The zero-order chi connectivity index (χ0) is 37.5. The largest absolute Gasteiger partial charge is 0.456 e. The lowest BCUT2D eigenvalue weighted by molar-refractivity contribution is 0.669.